The summed E-state index contributed by atoms with van der Waals surface area (Å²) in [6.07, 6.45) is 7.40. The molecule has 1 atom stereocenters. The molecule has 0 saturated heterocycles. The smallest absolute Gasteiger partial charge is 0.0182 e. The van der Waals surface area contributed by atoms with Crippen molar-refractivity contribution in [3.63, 3.8) is 0 Å². The molecular weight excluding hydrogens is 134 g/mol. The SMILES string of the molecule is CCC1CCCc2[nH]ccc21. The molecule has 0 bridgehead atoms. The van der Waals surface area contributed by atoms with Crippen LogP contribution in [0.15, 0.2) is 12.3 Å². The van der Waals surface area contributed by atoms with Crippen molar-refractivity contribution in [2.75, 3.05) is 0 Å². The quantitative estimate of drug-likeness (QED) is 0.632. The molecule has 1 aliphatic rings. The first-order chi connectivity index (χ1) is 5.42. The second kappa shape index (κ2) is 2.72. The third-order valence-electron chi connectivity index (χ3n) is 2.78. The third kappa shape index (κ3) is 1.09. The number of aromatic nitrogens is 1. The van der Waals surface area contributed by atoms with Gasteiger partial charge in [-0.05, 0) is 43.2 Å². The first-order valence-electron chi connectivity index (χ1n) is 4.58. The van der Waals surface area contributed by atoms with Crippen LogP contribution in [0, 0.1) is 0 Å². The largest absolute Gasteiger partial charge is 0.365 e. The molecule has 0 fully saturated rings. The maximum absolute atomic E-state index is 3.32. The van der Waals surface area contributed by atoms with Gasteiger partial charge in [0.1, 0.15) is 0 Å². The fourth-order valence-electron chi connectivity index (χ4n) is 2.12. The Morgan fingerprint density at radius 2 is 2.55 bits per heavy atom. The molecule has 0 aliphatic heterocycles. The summed E-state index contributed by atoms with van der Waals surface area (Å²) < 4.78 is 0. The van der Waals surface area contributed by atoms with Gasteiger partial charge in [0.15, 0.2) is 0 Å². The van der Waals surface area contributed by atoms with Crippen LogP contribution in [-0.4, -0.2) is 4.98 Å². The Hall–Kier alpha value is -0.720. The lowest BCUT2D eigenvalue weighted by molar-refractivity contribution is 0.537. The van der Waals surface area contributed by atoms with Gasteiger partial charge in [-0.2, -0.15) is 0 Å². The van der Waals surface area contributed by atoms with Gasteiger partial charge in [-0.25, -0.2) is 0 Å². The summed E-state index contributed by atoms with van der Waals surface area (Å²) in [6.45, 7) is 2.28. The molecule has 1 heterocycles. The van der Waals surface area contributed by atoms with E-state index in [2.05, 4.69) is 24.2 Å². The fraction of sp³-hybridized carbons (Fsp3) is 0.600. The maximum Gasteiger partial charge on any atom is 0.0182 e. The number of H-pyrrole nitrogens is 1. The van der Waals surface area contributed by atoms with E-state index in [4.69, 9.17) is 0 Å². The molecule has 1 heteroatoms. The van der Waals surface area contributed by atoms with Gasteiger partial charge in [-0.3, -0.25) is 0 Å². The Labute approximate surface area is 67.8 Å². The minimum atomic E-state index is 0.838. The topological polar surface area (TPSA) is 15.8 Å². The van der Waals surface area contributed by atoms with E-state index in [0.717, 1.165) is 5.92 Å². The van der Waals surface area contributed by atoms with Crippen LogP contribution in [0.4, 0.5) is 0 Å². The Morgan fingerprint density at radius 1 is 1.64 bits per heavy atom. The lowest BCUT2D eigenvalue weighted by Gasteiger charge is -2.20. The van der Waals surface area contributed by atoms with Gasteiger partial charge in [0.25, 0.3) is 0 Å². The molecule has 1 aliphatic carbocycles. The van der Waals surface area contributed by atoms with E-state index in [1.165, 1.54) is 31.4 Å². The lowest BCUT2D eigenvalue weighted by atomic mass is 9.85. The minimum absolute atomic E-state index is 0.838. The number of rotatable bonds is 1. The zero-order valence-corrected chi connectivity index (χ0v) is 7.06. The zero-order chi connectivity index (χ0) is 7.68. The first kappa shape index (κ1) is 6.96. The molecule has 1 aromatic rings. The van der Waals surface area contributed by atoms with Gasteiger partial charge in [0.05, 0.1) is 0 Å². The van der Waals surface area contributed by atoms with E-state index in [9.17, 15) is 0 Å². The molecule has 0 spiro atoms. The highest BCUT2D eigenvalue weighted by Gasteiger charge is 2.18. The van der Waals surface area contributed by atoms with Crippen molar-refractivity contribution in [1.29, 1.82) is 0 Å². The predicted octanol–water partition coefficient (Wildman–Crippen LogP) is 2.84. The molecule has 1 aromatic heterocycles. The van der Waals surface area contributed by atoms with E-state index in [1.54, 1.807) is 5.56 Å². The van der Waals surface area contributed by atoms with Gasteiger partial charge >= 0.3 is 0 Å². The number of aromatic amines is 1. The molecule has 0 saturated carbocycles. The second-order valence-electron chi connectivity index (χ2n) is 3.41. The molecule has 0 radical (unpaired) electrons. The van der Waals surface area contributed by atoms with Crippen molar-refractivity contribution >= 4 is 0 Å². The molecule has 0 amide bonds. The first-order valence-corrected chi connectivity index (χ1v) is 4.58. The van der Waals surface area contributed by atoms with E-state index in [1.807, 2.05) is 0 Å². The zero-order valence-electron chi connectivity index (χ0n) is 7.06. The third-order valence-corrected chi connectivity index (χ3v) is 2.78. The lowest BCUT2D eigenvalue weighted by Crippen LogP contribution is -2.06. The Morgan fingerprint density at radius 3 is 3.36 bits per heavy atom. The van der Waals surface area contributed by atoms with Crippen LogP contribution in [0.5, 0.6) is 0 Å². The van der Waals surface area contributed by atoms with Gasteiger partial charge in [0.2, 0.25) is 0 Å². The van der Waals surface area contributed by atoms with Crippen LogP contribution in [0.2, 0.25) is 0 Å². The Balaban J connectivity index is 2.32. The van der Waals surface area contributed by atoms with Crippen LogP contribution < -0.4 is 0 Å². The van der Waals surface area contributed by atoms with E-state index >= 15 is 0 Å². The van der Waals surface area contributed by atoms with Gasteiger partial charge in [-0.1, -0.05) is 6.92 Å². The highest BCUT2D eigenvalue weighted by Crippen LogP contribution is 2.32. The van der Waals surface area contributed by atoms with E-state index in [0.29, 0.717) is 0 Å². The number of nitrogens with one attached hydrogen (secondary N) is 1. The van der Waals surface area contributed by atoms with Crippen molar-refractivity contribution in [3.8, 4) is 0 Å². The van der Waals surface area contributed by atoms with Crippen LogP contribution >= 0.6 is 0 Å². The molecule has 1 nitrogen and oxygen atoms in total. The van der Waals surface area contributed by atoms with Gasteiger partial charge < -0.3 is 4.98 Å². The molecule has 11 heavy (non-hydrogen) atoms. The summed E-state index contributed by atoms with van der Waals surface area (Å²) in [6, 6.07) is 2.25. The summed E-state index contributed by atoms with van der Waals surface area (Å²) in [5, 5.41) is 0. The second-order valence-corrected chi connectivity index (χ2v) is 3.41. The summed E-state index contributed by atoms with van der Waals surface area (Å²) in [5.41, 5.74) is 3.07. The van der Waals surface area contributed by atoms with Crippen LogP contribution in [0.25, 0.3) is 0 Å². The van der Waals surface area contributed by atoms with Crippen LogP contribution in [0.3, 0.4) is 0 Å². The minimum Gasteiger partial charge on any atom is -0.365 e. The number of hydrogen-bond donors (Lipinski definition) is 1. The van der Waals surface area contributed by atoms with Crippen molar-refractivity contribution in [2.24, 2.45) is 0 Å². The number of fused-ring (bicyclic) bond motifs is 1. The molecule has 1 N–H and O–H groups in total. The predicted molar refractivity (Wildman–Crippen MR) is 46.8 cm³/mol. The van der Waals surface area contributed by atoms with Gasteiger partial charge in [0, 0.05) is 11.9 Å². The average Bonchev–Trinajstić information content (AvgIpc) is 2.50. The molecule has 0 aromatic carbocycles. The molecule has 2 rings (SSSR count). The molecule has 60 valence electrons. The number of hydrogen-bond acceptors (Lipinski definition) is 0. The van der Waals surface area contributed by atoms with Crippen LogP contribution in [-0.2, 0) is 6.42 Å². The van der Waals surface area contributed by atoms with Crippen molar-refractivity contribution in [3.05, 3.63) is 23.5 Å². The van der Waals surface area contributed by atoms with E-state index < -0.39 is 0 Å². The average molecular weight is 149 g/mol. The standard InChI is InChI=1S/C10H15N/c1-2-8-4-3-5-10-9(8)6-7-11-10/h6-8,11H,2-5H2,1H3. The Kier molecular flexibility index (Phi) is 1.72. The van der Waals surface area contributed by atoms with E-state index in [-0.39, 0.29) is 0 Å². The maximum atomic E-state index is 3.32. The summed E-state index contributed by atoms with van der Waals surface area (Å²) in [5.74, 6) is 0.838. The highest BCUT2D eigenvalue weighted by molar-refractivity contribution is 5.27. The van der Waals surface area contributed by atoms with Crippen molar-refractivity contribution in [2.45, 2.75) is 38.5 Å². The molecule has 1 unspecified atom stereocenters. The van der Waals surface area contributed by atoms with Crippen molar-refractivity contribution in [1.82, 2.24) is 4.98 Å². The summed E-state index contributed by atoms with van der Waals surface area (Å²) in [4.78, 5) is 3.32. The highest BCUT2D eigenvalue weighted by atomic mass is 14.7. The molecular formula is C10H15N. The van der Waals surface area contributed by atoms with Gasteiger partial charge in [-0.15, -0.1) is 0 Å². The van der Waals surface area contributed by atoms with Crippen LogP contribution in [0.1, 0.15) is 43.4 Å². The summed E-state index contributed by atoms with van der Waals surface area (Å²) >= 11 is 0. The normalized spacial score (nSPS) is 23.2. The van der Waals surface area contributed by atoms with Crippen molar-refractivity contribution < 1.29 is 0 Å². The fourth-order valence-corrected chi connectivity index (χ4v) is 2.12. The Bertz CT molecular complexity index is 237. The number of aryl methyl sites for hydroxylation is 1. The summed E-state index contributed by atoms with van der Waals surface area (Å²) in [7, 11) is 0. The monoisotopic (exact) mass is 149 g/mol.